The first-order chi connectivity index (χ1) is 9.92. The highest BCUT2D eigenvalue weighted by Crippen LogP contribution is 2.40. The Morgan fingerprint density at radius 3 is 2.52 bits per heavy atom. The molecule has 2 fully saturated rings. The predicted octanol–water partition coefficient (Wildman–Crippen LogP) is 1.31. The third-order valence-corrected chi connectivity index (χ3v) is 6.02. The fraction of sp³-hybridized carbons (Fsp3) is 0.643. The van der Waals surface area contributed by atoms with Crippen molar-refractivity contribution >= 4 is 15.9 Å². The number of carbonyl (C=O) groups is 1. The summed E-state index contributed by atoms with van der Waals surface area (Å²) in [6.07, 6.45) is 5.96. The van der Waals surface area contributed by atoms with Crippen LogP contribution in [0.1, 0.15) is 36.2 Å². The largest absolute Gasteiger partial charge is 0.459 e. The molecule has 3 heterocycles. The van der Waals surface area contributed by atoms with E-state index in [1.807, 2.05) is 0 Å². The van der Waals surface area contributed by atoms with Crippen LogP contribution in [-0.2, 0) is 10.0 Å². The summed E-state index contributed by atoms with van der Waals surface area (Å²) in [5.41, 5.74) is -0.284. The Bertz CT molecular complexity index is 615. The van der Waals surface area contributed by atoms with E-state index in [0.717, 1.165) is 12.8 Å². The topological polar surface area (TPSA) is 70.8 Å². The number of piperidine rings is 1. The van der Waals surface area contributed by atoms with E-state index in [-0.39, 0.29) is 11.4 Å². The molecule has 0 saturated carbocycles. The lowest BCUT2D eigenvalue weighted by Crippen LogP contribution is -2.54. The van der Waals surface area contributed by atoms with Crippen LogP contribution >= 0.6 is 0 Å². The molecule has 2 aliphatic heterocycles. The lowest BCUT2D eigenvalue weighted by molar-refractivity contribution is 0.0558. The van der Waals surface area contributed by atoms with Crippen molar-refractivity contribution in [1.82, 2.24) is 9.21 Å². The van der Waals surface area contributed by atoms with Gasteiger partial charge in [-0.3, -0.25) is 4.79 Å². The molecule has 2 saturated heterocycles. The second kappa shape index (κ2) is 5.14. The summed E-state index contributed by atoms with van der Waals surface area (Å²) in [6, 6.07) is 3.35. The number of carbonyl (C=O) groups excluding carboxylic acids is 1. The van der Waals surface area contributed by atoms with E-state index in [1.54, 1.807) is 21.3 Å². The lowest BCUT2D eigenvalue weighted by Gasteiger charge is -2.43. The number of sulfonamides is 1. The van der Waals surface area contributed by atoms with Crippen LogP contribution in [0.15, 0.2) is 22.8 Å². The molecule has 7 heteroatoms. The molecule has 1 spiro atoms. The second-order valence-corrected chi connectivity index (χ2v) is 7.84. The summed E-state index contributed by atoms with van der Waals surface area (Å²) in [7, 11) is -3.18. The maximum atomic E-state index is 12.2. The average molecular weight is 312 g/mol. The molecule has 0 radical (unpaired) electrons. The molecule has 6 nitrogen and oxygen atoms in total. The van der Waals surface area contributed by atoms with Gasteiger partial charge in [0.05, 0.1) is 12.5 Å². The monoisotopic (exact) mass is 312 g/mol. The van der Waals surface area contributed by atoms with Crippen LogP contribution in [0.5, 0.6) is 0 Å². The van der Waals surface area contributed by atoms with Crippen LogP contribution in [0, 0.1) is 0 Å². The number of likely N-dealkylation sites (tertiary alicyclic amines) is 1. The van der Waals surface area contributed by atoms with E-state index < -0.39 is 10.0 Å². The quantitative estimate of drug-likeness (QED) is 0.825. The van der Waals surface area contributed by atoms with Crippen LogP contribution in [0.3, 0.4) is 0 Å². The van der Waals surface area contributed by atoms with Crippen LogP contribution in [-0.4, -0.2) is 55.0 Å². The second-order valence-electron chi connectivity index (χ2n) is 5.93. The third-order valence-electron chi connectivity index (χ3n) is 4.65. The van der Waals surface area contributed by atoms with Gasteiger partial charge in [-0.2, -0.15) is 4.31 Å². The van der Waals surface area contributed by atoms with Crippen molar-refractivity contribution in [1.29, 1.82) is 0 Å². The number of hydrogen-bond acceptors (Lipinski definition) is 4. The molecule has 0 unspecified atom stereocenters. The Balaban J connectivity index is 1.71. The number of furan rings is 1. The first-order valence-electron chi connectivity index (χ1n) is 7.23. The van der Waals surface area contributed by atoms with Gasteiger partial charge in [-0.15, -0.1) is 0 Å². The van der Waals surface area contributed by atoms with Crippen molar-refractivity contribution in [3.63, 3.8) is 0 Å². The Morgan fingerprint density at radius 1 is 1.24 bits per heavy atom. The van der Waals surface area contributed by atoms with Crippen LogP contribution in [0.2, 0.25) is 0 Å². The maximum absolute atomic E-state index is 12.2. The first kappa shape index (κ1) is 14.6. The fourth-order valence-electron chi connectivity index (χ4n) is 3.61. The van der Waals surface area contributed by atoms with E-state index in [4.69, 9.17) is 4.42 Å². The smallest absolute Gasteiger partial charge is 0.289 e. The zero-order chi connectivity index (χ0) is 15.1. The molecule has 1 aromatic heterocycles. The molecule has 0 aromatic carbocycles. The average Bonchev–Trinajstić information content (AvgIpc) is 3.08. The van der Waals surface area contributed by atoms with Gasteiger partial charge in [-0.05, 0) is 37.8 Å². The molecule has 1 amide bonds. The summed E-state index contributed by atoms with van der Waals surface area (Å²) < 4.78 is 30.7. The first-order valence-corrected chi connectivity index (χ1v) is 9.08. The molecular weight excluding hydrogens is 292 g/mol. The number of amides is 1. The van der Waals surface area contributed by atoms with E-state index in [9.17, 15) is 13.2 Å². The van der Waals surface area contributed by atoms with Gasteiger partial charge in [-0.25, -0.2) is 8.42 Å². The Labute approximate surface area is 124 Å². The molecule has 0 N–H and O–H groups in total. The summed E-state index contributed by atoms with van der Waals surface area (Å²) in [5.74, 6) is 0.232. The molecule has 2 aliphatic rings. The number of hydrogen-bond donors (Lipinski definition) is 0. The van der Waals surface area contributed by atoms with Crippen molar-refractivity contribution in [3.05, 3.63) is 24.2 Å². The van der Waals surface area contributed by atoms with E-state index in [0.29, 0.717) is 38.2 Å². The minimum atomic E-state index is -3.18. The van der Waals surface area contributed by atoms with Gasteiger partial charge >= 0.3 is 0 Å². The normalized spacial score (nSPS) is 22.8. The Kier molecular flexibility index (Phi) is 3.57. The third kappa shape index (κ3) is 2.60. The van der Waals surface area contributed by atoms with E-state index >= 15 is 0 Å². The molecule has 116 valence electrons. The molecule has 3 rings (SSSR count). The molecule has 21 heavy (non-hydrogen) atoms. The zero-order valence-electron chi connectivity index (χ0n) is 12.1. The zero-order valence-corrected chi connectivity index (χ0v) is 12.9. The highest BCUT2D eigenvalue weighted by Gasteiger charge is 2.47. The predicted molar refractivity (Wildman–Crippen MR) is 77.4 cm³/mol. The minimum absolute atomic E-state index is 0.112. The molecule has 0 bridgehead atoms. The van der Waals surface area contributed by atoms with Gasteiger partial charge in [0.15, 0.2) is 5.76 Å². The SMILES string of the molecule is CS(=O)(=O)N1CCCC12CCN(C(=O)c1ccco1)CC2. The standard InChI is InChI=1S/C14H20N2O4S/c1-21(18,19)16-8-3-5-14(16)6-9-15(10-7-14)13(17)12-4-2-11-20-12/h2,4,11H,3,5-10H2,1H3. The van der Waals surface area contributed by atoms with Crippen LogP contribution in [0.25, 0.3) is 0 Å². The van der Waals surface area contributed by atoms with Crippen molar-refractivity contribution in [2.24, 2.45) is 0 Å². The Morgan fingerprint density at radius 2 is 1.95 bits per heavy atom. The van der Waals surface area contributed by atoms with E-state index in [1.165, 1.54) is 12.5 Å². The van der Waals surface area contributed by atoms with Crippen molar-refractivity contribution in [2.45, 2.75) is 31.2 Å². The summed E-state index contributed by atoms with van der Waals surface area (Å²) in [4.78, 5) is 14.0. The van der Waals surface area contributed by atoms with Crippen molar-refractivity contribution in [2.75, 3.05) is 25.9 Å². The van der Waals surface area contributed by atoms with Gasteiger partial charge in [0.25, 0.3) is 5.91 Å². The number of nitrogens with zero attached hydrogens (tertiary/aromatic N) is 2. The van der Waals surface area contributed by atoms with Gasteiger partial charge in [0.1, 0.15) is 0 Å². The maximum Gasteiger partial charge on any atom is 0.289 e. The van der Waals surface area contributed by atoms with Gasteiger partial charge in [0.2, 0.25) is 10.0 Å². The van der Waals surface area contributed by atoms with Crippen molar-refractivity contribution in [3.8, 4) is 0 Å². The van der Waals surface area contributed by atoms with Crippen molar-refractivity contribution < 1.29 is 17.6 Å². The minimum Gasteiger partial charge on any atom is -0.459 e. The van der Waals surface area contributed by atoms with Gasteiger partial charge in [0, 0.05) is 25.2 Å². The molecule has 0 aliphatic carbocycles. The highest BCUT2D eigenvalue weighted by atomic mass is 32.2. The van der Waals surface area contributed by atoms with Crippen LogP contribution in [0.4, 0.5) is 0 Å². The summed E-state index contributed by atoms with van der Waals surface area (Å²) in [5, 5.41) is 0. The van der Waals surface area contributed by atoms with Gasteiger partial charge < -0.3 is 9.32 Å². The van der Waals surface area contributed by atoms with E-state index in [2.05, 4.69) is 0 Å². The lowest BCUT2D eigenvalue weighted by atomic mass is 9.86. The summed E-state index contributed by atoms with van der Waals surface area (Å²) in [6.45, 7) is 1.75. The van der Waals surface area contributed by atoms with Gasteiger partial charge in [-0.1, -0.05) is 0 Å². The molecule has 0 atom stereocenters. The number of rotatable bonds is 2. The summed E-state index contributed by atoms with van der Waals surface area (Å²) >= 11 is 0. The fourth-order valence-corrected chi connectivity index (χ4v) is 5.05. The Hall–Kier alpha value is -1.34. The molecular formula is C14H20N2O4S. The highest BCUT2D eigenvalue weighted by molar-refractivity contribution is 7.88. The van der Waals surface area contributed by atoms with Crippen LogP contribution < -0.4 is 0 Å². The molecule has 1 aromatic rings.